The molecule has 1 aromatic carbocycles. The normalized spacial score (nSPS) is 28.1. The largest absolute Gasteiger partial charge is 0.380 e. The van der Waals surface area contributed by atoms with Crippen LogP contribution in [0.15, 0.2) is 93.4 Å². The molecule has 2 atom stereocenters. The van der Waals surface area contributed by atoms with Gasteiger partial charge >= 0.3 is 22.8 Å². The van der Waals surface area contributed by atoms with E-state index in [1.54, 1.807) is 47.8 Å². The zero-order chi connectivity index (χ0) is 31.6. The van der Waals surface area contributed by atoms with E-state index < -0.39 is 49.1 Å². The summed E-state index contributed by atoms with van der Waals surface area (Å²) in [5.74, 6) is -16.2. The van der Waals surface area contributed by atoms with Crippen LogP contribution >= 0.6 is 46.2 Å². The standard InChI is InChI=1S/C30H19F6NO3S4/c1-14-20-22-23(28(33,34)30(35,36)27(22,31)32)21-15(2)24(16-8-5-4-6-9-16)44-29(21,40-3)26(20,18-10-7-13-41-18)43-25(14)17-11-12-19(42-17)37(38)39/h4-13H,1-3H3. The number of methoxy groups -OCH3 is 1. The van der Waals surface area contributed by atoms with Crippen LogP contribution in [0, 0.1) is 10.1 Å². The first-order chi connectivity index (χ1) is 20.7. The van der Waals surface area contributed by atoms with Gasteiger partial charge in [0.2, 0.25) is 0 Å². The van der Waals surface area contributed by atoms with Crippen LogP contribution in [-0.2, 0) is 9.48 Å². The average Bonchev–Trinajstić information content (AvgIpc) is 3.79. The van der Waals surface area contributed by atoms with E-state index in [0.29, 0.717) is 20.2 Å². The van der Waals surface area contributed by atoms with Gasteiger partial charge in [-0.3, -0.25) is 10.1 Å². The summed E-state index contributed by atoms with van der Waals surface area (Å²) in [6, 6.07) is 14.7. The van der Waals surface area contributed by atoms with Gasteiger partial charge in [0.25, 0.3) is 0 Å². The smallest absolute Gasteiger partial charge is 0.361 e. The molecule has 2 aromatic heterocycles. The number of hydrogen-bond acceptors (Lipinski definition) is 7. The summed E-state index contributed by atoms with van der Waals surface area (Å²) < 4.78 is 99.9. The van der Waals surface area contributed by atoms with Gasteiger partial charge in [0.1, 0.15) is 4.75 Å². The number of thioether (sulfide) groups is 2. The molecule has 3 aromatic rings. The summed E-state index contributed by atoms with van der Waals surface area (Å²) in [6.07, 6.45) is 0. The van der Waals surface area contributed by atoms with Crippen molar-refractivity contribution in [3.63, 3.8) is 0 Å². The fourth-order valence-electron chi connectivity index (χ4n) is 6.62. The third-order valence-corrected chi connectivity index (χ3v) is 14.3. The van der Waals surface area contributed by atoms with Crippen molar-refractivity contribution >= 4 is 61.0 Å². The third-order valence-electron chi connectivity index (χ3n) is 8.43. The Hall–Kier alpha value is -2.78. The molecule has 44 heavy (non-hydrogen) atoms. The zero-order valence-electron chi connectivity index (χ0n) is 22.8. The summed E-state index contributed by atoms with van der Waals surface area (Å²) in [5.41, 5.74) is -2.85. The van der Waals surface area contributed by atoms with Crippen LogP contribution in [0.1, 0.15) is 29.2 Å². The van der Waals surface area contributed by atoms with Crippen LogP contribution < -0.4 is 0 Å². The predicted octanol–water partition coefficient (Wildman–Crippen LogP) is 10.1. The lowest BCUT2D eigenvalue weighted by Gasteiger charge is -2.50. The van der Waals surface area contributed by atoms with Gasteiger partial charge in [0, 0.05) is 49.5 Å². The predicted molar refractivity (Wildman–Crippen MR) is 162 cm³/mol. The van der Waals surface area contributed by atoms with Crippen molar-refractivity contribution < 1.29 is 36.0 Å². The van der Waals surface area contributed by atoms with Crippen LogP contribution in [0.2, 0.25) is 0 Å². The number of thiophene rings is 2. The fourth-order valence-corrected chi connectivity index (χ4v) is 12.3. The number of alkyl halides is 6. The van der Waals surface area contributed by atoms with E-state index in [2.05, 4.69) is 0 Å². The van der Waals surface area contributed by atoms with E-state index in [-0.39, 0.29) is 26.6 Å². The summed E-state index contributed by atoms with van der Waals surface area (Å²) in [7, 11) is 1.26. The Morgan fingerprint density at radius 1 is 0.773 bits per heavy atom. The second-order valence-corrected chi connectivity index (χ2v) is 15.0. The first-order valence-corrected chi connectivity index (χ1v) is 16.4. The lowest BCUT2D eigenvalue weighted by molar-refractivity contribution is -0.380. The molecule has 0 bridgehead atoms. The molecule has 4 aliphatic rings. The van der Waals surface area contributed by atoms with Crippen molar-refractivity contribution in [3.05, 3.63) is 119 Å². The minimum Gasteiger partial charge on any atom is -0.361 e. The maximum absolute atomic E-state index is 16.1. The van der Waals surface area contributed by atoms with Crippen molar-refractivity contribution in [2.24, 2.45) is 0 Å². The lowest BCUT2D eigenvalue weighted by atomic mass is 9.70. The summed E-state index contributed by atoms with van der Waals surface area (Å²) >= 11 is 4.00. The molecule has 0 radical (unpaired) electrons. The second-order valence-electron chi connectivity index (χ2n) is 10.6. The number of allylic oxidation sites excluding steroid dienone is 3. The molecule has 14 heteroatoms. The van der Waals surface area contributed by atoms with E-state index in [0.717, 1.165) is 46.2 Å². The Bertz CT molecular complexity index is 1890. The number of hydrogen-bond donors (Lipinski definition) is 0. The molecular weight excluding hydrogens is 665 g/mol. The van der Waals surface area contributed by atoms with Crippen LogP contribution in [0.25, 0.3) is 9.81 Å². The maximum Gasteiger partial charge on any atom is 0.380 e. The van der Waals surface area contributed by atoms with Crippen LogP contribution in [0.4, 0.5) is 31.3 Å². The van der Waals surface area contributed by atoms with E-state index in [1.807, 2.05) is 0 Å². The van der Waals surface area contributed by atoms with Gasteiger partial charge in [-0.25, -0.2) is 0 Å². The molecule has 1 saturated carbocycles. The number of nitrogens with zero attached hydrogens (tertiary/aromatic N) is 1. The molecule has 0 spiro atoms. The minimum atomic E-state index is -5.74. The highest BCUT2D eigenvalue weighted by molar-refractivity contribution is 8.14. The second kappa shape index (κ2) is 9.38. The van der Waals surface area contributed by atoms with E-state index in [9.17, 15) is 10.1 Å². The van der Waals surface area contributed by atoms with E-state index >= 15 is 26.3 Å². The number of rotatable bonds is 5. The number of fused-ring (bicyclic) bond motifs is 4. The minimum absolute atomic E-state index is 0.0581. The number of ether oxygens (including phenoxy) is 1. The Balaban J connectivity index is 1.66. The maximum atomic E-state index is 16.1. The first-order valence-electron chi connectivity index (χ1n) is 13.0. The molecule has 0 amide bonds. The van der Waals surface area contributed by atoms with Gasteiger partial charge < -0.3 is 4.74 Å². The monoisotopic (exact) mass is 683 g/mol. The van der Waals surface area contributed by atoms with Crippen LogP contribution in [0.3, 0.4) is 0 Å². The number of benzene rings is 1. The van der Waals surface area contributed by atoms with Gasteiger partial charge in [-0.15, -0.1) is 23.1 Å². The highest BCUT2D eigenvalue weighted by Gasteiger charge is 2.86. The van der Waals surface area contributed by atoms with Crippen molar-refractivity contribution in [3.8, 4) is 0 Å². The highest BCUT2D eigenvalue weighted by Crippen LogP contribution is 2.80. The van der Waals surface area contributed by atoms with Gasteiger partial charge in [0.15, 0.2) is 4.93 Å². The van der Waals surface area contributed by atoms with Crippen molar-refractivity contribution in [2.75, 3.05) is 7.11 Å². The lowest BCUT2D eigenvalue weighted by Crippen LogP contribution is -2.52. The topological polar surface area (TPSA) is 52.4 Å². The molecule has 1 fully saturated rings. The number of nitro groups is 1. The van der Waals surface area contributed by atoms with E-state index in [1.165, 1.54) is 33.1 Å². The molecular formula is C30H19F6NO3S4. The Labute approximate surface area is 263 Å². The molecule has 2 aliphatic carbocycles. The molecule has 2 aliphatic heterocycles. The fraction of sp³-hybridized carbons (Fsp3) is 0.267. The Morgan fingerprint density at radius 3 is 1.98 bits per heavy atom. The van der Waals surface area contributed by atoms with Gasteiger partial charge in [-0.2, -0.15) is 26.3 Å². The van der Waals surface area contributed by atoms with Crippen molar-refractivity contribution in [2.45, 2.75) is 41.3 Å². The Kier molecular flexibility index (Phi) is 6.37. The van der Waals surface area contributed by atoms with Gasteiger partial charge in [-0.05, 0) is 53.6 Å². The summed E-state index contributed by atoms with van der Waals surface area (Å²) in [6.45, 7) is 2.89. The van der Waals surface area contributed by atoms with Crippen molar-refractivity contribution in [1.82, 2.24) is 0 Å². The average molecular weight is 684 g/mol. The quantitative estimate of drug-likeness (QED) is 0.152. The van der Waals surface area contributed by atoms with E-state index in [4.69, 9.17) is 4.74 Å². The number of halogens is 6. The van der Waals surface area contributed by atoms with Crippen LogP contribution in [0.5, 0.6) is 0 Å². The highest BCUT2D eigenvalue weighted by atomic mass is 32.2. The van der Waals surface area contributed by atoms with Gasteiger partial charge in [-0.1, -0.05) is 59.5 Å². The summed E-state index contributed by atoms with van der Waals surface area (Å²) in [5, 5.41) is 13.0. The van der Waals surface area contributed by atoms with Crippen LogP contribution in [-0.4, -0.2) is 34.7 Å². The third kappa shape index (κ3) is 3.33. The molecule has 4 heterocycles. The molecule has 0 N–H and O–H groups in total. The molecule has 7 rings (SSSR count). The van der Waals surface area contributed by atoms with Crippen molar-refractivity contribution in [1.29, 1.82) is 0 Å². The Morgan fingerprint density at radius 2 is 1.41 bits per heavy atom. The molecule has 228 valence electrons. The van der Waals surface area contributed by atoms with Gasteiger partial charge in [0.05, 0.1) is 4.92 Å². The first kappa shape index (κ1) is 29.9. The molecule has 0 saturated heterocycles. The molecule has 2 unspecified atom stereocenters. The zero-order valence-corrected chi connectivity index (χ0v) is 26.1. The summed E-state index contributed by atoms with van der Waals surface area (Å²) in [4.78, 5) is 10.5. The SMILES string of the molecule is COC12SC(c3ccccc3)=C(C)C1=C1C(=C3C(C)=C(c4ccc([N+](=O)[O-])s4)SC32c2cccs2)C(F)(F)C(F)(F)C1(F)F. The molecule has 4 nitrogen and oxygen atoms in total.